The van der Waals surface area contributed by atoms with Gasteiger partial charge in [-0.2, -0.15) is 0 Å². The average molecular weight is 318 g/mol. The number of carbonyl (C=O) groups excluding carboxylic acids is 2. The Balaban J connectivity index is 1.94. The van der Waals surface area contributed by atoms with E-state index in [2.05, 4.69) is 5.32 Å². The Morgan fingerprint density at radius 1 is 1.20 bits per heavy atom. The molecule has 1 aromatic rings. The van der Waals surface area contributed by atoms with Crippen molar-refractivity contribution in [1.29, 1.82) is 0 Å². The third-order valence-corrected chi connectivity index (χ3v) is 4.00. The highest BCUT2D eigenvalue weighted by atomic mass is 35.5. The smallest absolute Gasteiger partial charge is 0.324 e. The number of benzene rings is 1. The molecule has 108 valence electrons. The van der Waals surface area contributed by atoms with E-state index in [1.807, 2.05) is 10.3 Å². The molecular formula is C11H12ClN3O4S. The summed E-state index contributed by atoms with van der Waals surface area (Å²) in [5, 5.41) is 2.67. The number of amides is 2. The van der Waals surface area contributed by atoms with Gasteiger partial charge in [0.25, 0.3) is 10.0 Å². The second-order valence-electron chi connectivity index (χ2n) is 4.26. The number of hydrogen-bond donors (Lipinski definition) is 3. The van der Waals surface area contributed by atoms with Crippen molar-refractivity contribution < 1.29 is 18.0 Å². The average Bonchev–Trinajstić information content (AvgIpc) is 3.20. The molecule has 2 rings (SSSR count). The zero-order valence-corrected chi connectivity index (χ0v) is 11.8. The molecule has 2 amide bonds. The molecule has 0 heterocycles. The summed E-state index contributed by atoms with van der Waals surface area (Å²) in [5.41, 5.74) is 1.84. The highest BCUT2D eigenvalue weighted by Gasteiger charge is 2.27. The van der Waals surface area contributed by atoms with Crippen LogP contribution in [0.1, 0.15) is 12.8 Å². The highest BCUT2D eigenvalue weighted by Crippen LogP contribution is 2.18. The first-order valence-electron chi connectivity index (χ1n) is 5.77. The van der Waals surface area contributed by atoms with Gasteiger partial charge < -0.3 is 5.32 Å². The van der Waals surface area contributed by atoms with Gasteiger partial charge in [-0.3, -0.25) is 15.0 Å². The number of hydrazine groups is 1. The van der Waals surface area contributed by atoms with Crippen LogP contribution in [0.5, 0.6) is 0 Å². The van der Waals surface area contributed by atoms with Gasteiger partial charge in [0.15, 0.2) is 0 Å². The van der Waals surface area contributed by atoms with Crippen LogP contribution in [0.3, 0.4) is 0 Å². The lowest BCUT2D eigenvalue weighted by Gasteiger charge is -2.08. The molecule has 0 saturated heterocycles. The first-order valence-corrected chi connectivity index (χ1v) is 7.63. The van der Waals surface area contributed by atoms with Gasteiger partial charge >= 0.3 is 11.8 Å². The maximum absolute atomic E-state index is 11.8. The van der Waals surface area contributed by atoms with E-state index in [9.17, 15) is 18.0 Å². The van der Waals surface area contributed by atoms with Crippen molar-refractivity contribution in [3.05, 3.63) is 29.3 Å². The SMILES string of the molecule is O=C(NNS(=O)(=O)c1cccc(Cl)c1)C(=O)NC1CC1. The molecule has 1 aliphatic rings. The van der Waals surface area contributed by atoms with Crippen LogP contribution in [0.4, 0.5) is 0 Å². The predicted octanol–water partition coefficient (Wildman–Crippen LogP) is -0.0719. The maximum atomic E-state index is 11.8. The lowest BCUT2D eigenvalue weighted by Crippen LogP contribution is -2.48. The second-order valence-corrected chi connectivity index (χ2v) is 6.38. The van der Waals surface area contributed by atoms with Gasteiger partial charge in [-0.05, 0) is 31.0 Å². The zero-order chi connectivity index (χ0) is 14.8. The summed E-state index contributed by atoms with van der Waals surface area (Å²) in [7, 11) is -3.97. The highest BCUT2D eigenvalue weighted by molar-refractivity contribution is 7.89. The molecule has 0 aromatic heterocycles. The third kappa shape index (κ3) is 3.92. The molecule has 9 heteroatoms. The quantitative estimate of drug-likeness (QED) is 0.534. The topological polar surface area (TPSA) is 104 Å². The summed E-state index contributed by atoms with van der Waals surface area (Å²) in [6, 6.07) is 5.52. The van der Waals surface area contributed by atoms with Crippen LogP contribution < -0.4 is 15.6 Å². The fraction of sp³-hybridized carbons (Fsp3) is 0.273. The molecule has 0 aliphatic heterocycles. The van der Waals surface area contributed by atoms with Crippen LogP contribution in [0.25, 0.3) is 0 Å². The maximum Gasteiger partial charge on any atom is 0.324 e. The van der Waals surface area contributed by atoms with Crippen LogP contribution in [0.15, 0.2) is 29.2 Å². The van der Waals surface area contributed by atoms with Gasteiger partial charge in [0.1, 0.15) is 0 Å². The predicted molar refractivity (Wildman–Crippen MR) is 71.1 cm³/mol. The van der Waals surface area contributed by atoms with Crippen LogP contribution >= 0.6 is 11.6 Å². The van der Waals surface area contributed by atoms with Gasteiger partial charge in [0.2, 0.25) is 0 Å². The Kier molecular flexibility index (Phi) is 4.26. The molecule has 1 aliphatic carbocycles. The number of halogens is 1. The van der Waals surface area contributed by atoms with E-state index in [1.54, 1.807) is 0 Å². The summed E-state index contributed by atoms with van der Waals surface area (Å²) in [4.78, 5) is 24.4. The second kappa shape index (κ2) is 5.78. The first-order chi connectivity index (χ1) is 9.38. The summed E-state index contributed by atoms with van der Waals surface area (Å²) in [5.74, 6) is -1.94. The van der Waals surface area contributed by atoms with Gasteiger partial charge in [0.05, 0.1) is 4.90 Å². The van der Waals surface area contributed by atoms with Gasteiger partial charge in [-0.1, -0.05) is 17.7 Å². The molecule has 0 bridgehead atoms. The van der Waals surface area contributed by atoms with E-state index >= 15 is 0 Å². The zero-order valence-electron chi connectivity index (χ0n) is 10.2. The van der Waals surface area contributed by atoms with E-state index in [0.717, 1.165) is 12.8 Å². The van der Waals surface area contributed by atoms with Crippen molar-refractivity contribution in [1.82, 2.24) is 15.6 Å². The van der Waals surface area contributed by atoms with Crippen molar-refractivity contribution in [3.63, 3.8) is 0 Å². The molecule has 0 spiro atoms. The van der Waals surface area contributed by atoms with Crippen LogP contribution in [-0.4, -0.2) is 26.3 Å². The third-order valence-electron chi connectivity index (χ3n) is 2.52. The Labute approximate surface area is 120 Å². The van der Waals surface area contributed by atoms with E-state index in [-0.39, 0.29) is 16.0 Å². The van der Waals surface area contributed by atoms with Gasteiger partial charge in [-0.15, -0.1) is 4.83 Å². The largest absolute Gasteiger partial charge is 0.345 e. The molecule has 20 heavy (non-hydrogen) atoms. The van der Waals surface area contributed by atoms with Crippen LogP contribution in [0, 0.1) is 0 Å². The molecule has 1 fully saturated rings. The molecule has 1 saturated carbocycles. The molecule has 7 nitrogen and oxygen atoms in total. The molecule has 0 radical (unpaired) electrons. The molecular weight excluding hydrogens is 306 g/mol. The number of rotatable bonds is 4. The fourth-order valence-corrected chi connectivity index (χ4v) is 2.48. The minimum atomic E-state index is -3.97. The monoisotopic (exact) mass is 317 g/mol. The summed E-state index contributed by atoms with van der Waals surface area (Å²) >= 11 is 5.68. The van der Waals surface area contributed by atoms with Gasteiger partial charge in [-0.25, -0.2) is 8.42 Å². The van der Waals surface area contributed by atoms with E-state index < -0.39 is 21.8 Å². The van der Waals surface area contributed by atoms with Crippen molar-refractivity contribution in [2.45, 2.75) is 23.8 Å². The molecule has 0 unspecified atom stereocenters. The van der Waals surface area contributed by atoms with E-state index in [0.29, 0.717) is 0 Å². The van der Waals surface area contributed by atoms with Crippen molar-refractivity contribution in [3.8, 4) is 0 Å². The Morgan fingerprint density at radius 3 is 2.50 bits per heavy atom. The number of nitrogens with one attached hydrogen (secondary N) is 3. The van der Waals surface area contributed by atoms with E-state index in [4.69, 9.17) is 11.6 Å². The van der Waals surface area contributed by atoms with Crippen LogP contribution in [0.2, 0.25) is 5.02 Å². The summed E-state index contributed by atoms with van der Waals surface area (Å²) in [6.45, 7) is 0. The Hall–Kier alpha value is -1.64. The first kappa shape index (κ1) is 14.8. The summed E-state index contributed by atoms with van der Waals surface area (Å²) in [6.07, 6.45) is 1.65. The van der Waals surface area contributed by atoms with Crippen LogP contribution in [-0.2, 0) is 19.6 Å². The van der Waals surface area contributed by atoms with E-state index in [1.165, 1.54) is 24.3 Å². The van der Waals surface area contributed by atoms with Gasteiger partial charge in [0, 0.05) is 11.1 Å². The number of hydrogen-bond acceptors (Lipinski definition) is 4. The lowest BCUT2D eigenvalue weighted by molar-refractivity contribution is -0.139. The van der Waals surface area contributed by atoms with Crippen molar-refractivity contribution in [2.75, 3.05) is 0 Å². The summed E-state index contributed by atoms with van der Waals surface area (Å²) < 4.78 is 23.7. The van der Waals surface area contributed by atoms with Crippen molar-refractivity contribution >= 4 is 33.4 Å². The Bertz CT molecular complexity index is 643. The molecule has 1 aromatic carbocycles. The fourth-order valence-electron chi connectivity index (χ4n) is 1.34. The number of sulfonamides is 1. The lowest BCUT2D eigenvalue weighted by atomic mass is 10.4. The number of carbonyl (C=O) groups is 2. The minimum Gasteiger partial charge on any atom is -0.345 e. The molecule has 0 atom stereocenters. The standard InChI is InChI=1S/C11H12ClN3O4S/c12-7-2-1-3-9(6-7)20(18,19)15-14-11(17)10(16)13-8-4-5-8/h1-3,6,8,15H,4-5H2,(H,13,16)(H,14,17). The molecule has 3 N–H and O–H groups in total. The van der Waals surface area contributed by atoms with Crippen molar-refractivity contribution in [2.24, 2.45) is 0 Å². The Morgan fingerprint density at radius 2 is 1.90 bits per heavy atom. The minimum absolute atomic E-state index is 0.0118. The normalized spacial score (nSPS) is 14.7.